The van der Waals surface area contributed by atoms with Crippen molar-refractivity contribution in [2.75, 3.05) is 13.1 Å². The standard InChI is InChI=1S/C11H11ClF3N/c12-10-8(7-16-5-2-6-16)3-1-4-9(10)11(13,14)15/h1,3-4H,2,5-7H2. The first-order valence-corrected chi connectivity index (χ1v) is 5.43. The molecule has 88 valence electrons. The van der Waals surface area contributed by atoms with Crippen LogP contribution in [0.15, 0.2) is 18.2 Å². The van der Waals surface area contributed by atoms with E-state index in [1.165, 1.54) is 6.07 Å². The molecule has 0 N–H and O–H groups in total. The zero-order valence-corrected chi connectivity index (χ0v) is 9.28. The second-order valence-corrected chi connectivity index (χ2v) is 4.28. The van der Waals surface area contributed by atoms with Gasteiger partial charge in [-0.1, -0.05) is 23.7 Å². The van der Waals surface area contributed by atoms with Crippen LogP contribution in [0.4, 0.5) is 13.2 Å². The van der Waals surface area contributed by atoms with Gasteiger partial charge in [0.1, 0.15) is 0 Å². The summed E-state index contributed by atoms with van der Waals surface area (Å²) in [6.45, 7) is 2.38. The molecule has 0 radical (unpaired) electrons. The summed E-state index contributed by atoms with van der Waals surface area (Å²) in [7, 11) is 0. The minimum atomic E-state index is -4.37. The molecule has 0 bridgehead atoms. The molecule has 0 unspecified atom stereocenters. The van der Waals surface area contributed by atoms with Crippen molar-refractivity contribution in [2.24, 2.45) is 0 Å². The second kappa shape index (κ2) is 4.26. The van der Waals surface area contributed by atoms with Crippen molar-refractivity contribution in [3.8, 4) is 0 Å². The summed E-state index contributed by atoms with van der Waals surface area (Å²) in [6.07, 6.45) is -3.27. The first-order chi connectivity index (χ1) is 7.48. The lowest BCUT2D eigenvalue weighted by atomic mass is 10.1. The molecule has 1 aliphatic rings. The third-order valence-corrected chi connectivity index (χ3v) is 3.17. The van der Waals surface area contributed by atoms with Crippen LogP contribution in [-0.2, 0) is 12.7 Å². The Balaban J connectivity index is 2.25. The van der Waals surface area contributed by atoms with Gasteiger partial charge in [0.25, 0.3) is 0 Å². The van der Waals surface area contributed by atoms with Gasteiger partial charge in [0.15, 0.2) is 0 Å². The molecule has 1 saturated heterocycles. The zero-order chi connectivity index (χ0) is 11.8. The zero-order valence-electron chi connectivity index (χ0n) is 8.52. The van der Waals surface area contributed by atoms with Crippen LogP contribution in [0.2, 0.25) is 5.02 Å². The lowest BCUT2D eigenvalue weighted by Crippen LogP contribution is -2.36. The fourth-order valence-corrected chi connectivity index (χ4v) is 1.99. The van der Waals surface area contributed by atoms with Crippen LogP contribution < -0.4 is 0 Å². The van der Waals surface area contributed by atoms with E-state index in [0.29, 0.717) is 12.1 Å². The summed E-state index contributed by atoms with van der Waals surface area (Å²) in [5, 5.41) is -0.165. The molecule has 0 saturated carbocycles. The van der Waals surface area contributed by atoms with Crippen molar-refractivity contribution in [1.82, 2.24) is 4.90 Å². The van der Waals surface area contributed by atoms with Crippen LogP contribution in [0, 0.1) is 0 Å². The van der Waals surface area contributed by atoms with Gasteiger partial charge in [-0.15, -0.1) is 0 Å². The molecular weight excluding hydrogens is 239 g/mol. The Morgan fingerprint density at radius 3 is 2.44 bits per heavy atom. The molecule has 1 aromatic carbocycles. The normalized spacial score (nSPS) is 17.2. The third kappa shape index (κ3) is 2.33. The highest BCUT2D eigenvalue weighted by molar-refractivity contribution is 6.32. The van der Waals surface area contributed by atoms with Crippen molar-refractivity contribution in [3.63, 3.8) is 0 Å². The van der Waals surface area contributed by atoms with Crippen molar-refractivity contribution >= 4 is 11.6 Å². The van der Waals surface area contributed by atoms with Gasteiger partial charge >= 0.3 is 6.18 Å². The molecule has 1 fully saturated rings. The van der Waals surface area contributed by atoms with E-state index < -0.39 is 11.7 Å². The Morgan fingerprint density at radius 2 is 1.94 bits per heavy atom. The monoisotopic (exact) mass is 249 g/mol. The summed E-state index contributed by atoms with van der Waals surface area (Å²) in [5.41, 5.74) is -0.191. The fourth-order valence-electron chi connectivity index (χ4n) is 1.70. The van der Waals surface area contributed by atoms with E-state index in [1.54, 1.807) is 6.07 Å². The van der Waals surface area contributed by atoms with E-state index >= 15 is 0 Å². The highest BCUT2D eigenvalue weighted by Crippen LogP contribution is 2.36. The van der Waals surface area contributed by atoms with Crippen LogP contribution in [0.3, 0.4) is 0 Å². The predicted octanol–water partition coefficient (Wildman–Crippen LogP) is 3.56. The minimum absolute atomic E-state index is 0.165. The largest absolute Gasteiger partial charge is 0.417 e. The van der Waals surface area contributed by atoms with Gasteiger partial charge in [-0.2, -0.15) is 13.2 Å². The maximum Gasteiger partial charge on any atom is 0.417 e. The van der Waals surface area contributed by atoms with Gasteiger partial charge in [0.05, 0.1) is 10.6 Å². The summed E-state index contributed by atoms with van der Waals surface area (Å²) < 4.78 is 37.7. The SMILES string of the molecule is FC(F)(F)c1cccc(CN2CCC2)c1Cl. The molecule has 2 rings (SSSR count). The number of likely N-dealkylation sites (tertiary alicyclic amines) is 1. The molecule has 0 aromatic heterocycles. The Bertz CT molecular complexity index is 385. The van der Waals surface area contributed by atoms with Gasteiger partial charge in [-0.05, 0) is 31.1 Å². The molecule has 0 spiro atoms. The Labute approximate surface area is 96.8 Å². The lowest BCUT2D eigenvalue weighted by Gasteiger charge is -2.31. The van der Waals surface area contributed by atoms with Gasteiger partial charge in [-0.25, -0.2) is 0 Å². The van der Waals surface area contributed by atoms with E-state index in [4.69, 9.17) is 11.6 Å². The molecule has 0 amide bonds. The highest BCUT2D eigenvalue weighted by atomic mass is 35.5. The van der Waals surface area contributed by atoms with Crippen molar-refractivity contribution in [3.05, 3.63) is 34.3 Å². The molecule has 16 heavy (non-hydrogen) atoms. The minimum Gasteiger partial charge on any atom is -0.299 e. The van der Waals surface area contributed by atoms with Crippen LogP contribution in [-0.4, -0.2) is 18.0 Å². The lowest BCUT2D eigenvalue weighted by molar-refractivity contribution is -0.137. The molecular formula is C11H11ClF3N. The van der Waals surface area contributed by atoms with Crippen LogP contribution in [0.1, 0.15) is 17.5 Å². The summed E-state index contributed by atoms with van der Waals surface area (Å²) in [4.78, 5) is 2.07. The van der Waals surface area contributed by atoms with E-state index in [0.717, 1.165) is 25.6 Å². The molecule has 1 aromatic rings. The maximum absolute atomic E-state index is 12.6. The number of hydrogen-bond donors (Lipinski definition) is 0. The Hall–Kier alpha value is -0.740. The predicted molar refractivity (Wildman–Crippen MR) is 56.3 cm³/mol. The van der Waals surface area contributed by atoms with E-state index in [9.17, 15) is 13.2 Å². The van der Waals surface area contributed by atoms with Crippen molar-refractivity contribution < 1.29 is 13.2 Å². The van der Waals surface area contributed by atoms with Crippen LogP contribution in [0.5, 0.6) is 0 Å². The molecule has 0 atom stereocenters. The summed E-state index contributed by atoms with van der Waals surface area (Å²) in [5.74, 6) is 0. The van der Waals surface area contributed by atoms with E-state index in [1.807, 2.05) is 0 Å². The quantitative estimate of drug-likeness (QED) is 0.775. The number of alkyl halides is 3. The number of nitrogens with zero attached hydrogens (tertiary/aromatic N) is 1. The van der Waals surface area contributed by atoms with Gasteiger partial charge < -0.3 is 0 Å². The van der Waals surface area contributed by atoms with Crippen molar-refractivity contribution in [1.29, 1.82) is 0 Å². The van der Waals surface area contributed by atoms with Crippen molar-refractivity contribution in [2.45, 2.75) is 19.1 Å². The molecule has 5 heteroatoms. The number of hydrogen-bond acceptors (Lipinski definition) is 1. The average molecular weight is 250 g/mol. The Kier molecular flexibility index (Phi) is 3.13. The fraction of sp³-hybridized carbons (Fsp3) is 0.455. The summed E-state index contributed by atoms with van der Waals surface area (Å²) >= 11 is 5.77. The Morgan fingerprint density at radius 1 is 1.25 bits per heavy atom. The second-order valence-electron chi connectivity index (χ2n) is 3.91. The van der Waals surface area contributed by atoms with Gasteiger partial charge in [-0.3, -0.25) is 4.90 Å². The van der Waals surface area contributed by atoms with Crippen LogP contribution in [0.25, 0.3) is 0 Å². The van der Waals surface area contributed by atoms with Crippen LogP contribution >= 0.6 is 11.6 Å². The number of halogens is 4. The van der Waals surface area contributed by atoms with E-state index in [-0.39, 0.29) is 5.02 Å². The number of rotatable bonds is 2. The molecule has 1 nitrogen and oxygen atoms in total. The molecule has 1 heterocycles. The number of benzene rings is 1. The maximum atomic E-state index is 12.6. The van der Waals surface area contributed by atoms with Gasteiger partial charge in [0, 0.05) is 6.54 Å². The topological polar surface area (TPSA) is 3.24 Å². The molecule has 0 aliphatic carbocycles. The average Bonchev–Trinajstić information content (AvgIpc) is 2.11. The third-order valence-electron chi connectivity index (χ3n) is 2.73. The highest BCUT2D eigenvalue weighted by Gasteiger charge is 2.34. The first kappa shape index (κ1) is 11.7. The molecule has 1 aliphatic heterocycles. The first-order valence-electron chi connectivity index (χ1n) is 5.05. The smallest absolute Gasteiger partial charge is 0.299 e. The van der Waals surface area contributed by atoms with E-state index in [2.05, 4.69) is 4.90 Å². The summed E-state index contributed by atoms with van der Waals surface area (Å²) in [6, 6.07) is 4.07. The van der Waals surface area contributed by atoms with Gasteiger partial charge in [0.2, 0.25) is 0 Å².